The van der Waals surface area contributed by atoms with Crippen molar-refractivity contribution in [3.8, 4) is 0 Å². The van der Waals surface area contributed by atoms with Crippen molar-refractivity contribution >= 4 is 5.82 Å². The maximum absolute atomic E-state index is 4.44. The third kappa shape index (κ3) is 3.70. The van der Waals surface area contributed by atoms with Gasteiger partial charge in [-0.3, -0.25) is 4.90 Å². The van der Waals surface area contributed by atoms with Gasteiger partial charge in [0.05, 0.1) is 0 Å². The highest BCUT2D eigenvalue weighted by Gasteiger charge is 2.29. The van der Waals surface area contributed by atoms with E-state index in [2.05, 4.69) is 42.0 Å². The molecular weight excluding hydrogens is 222 g/mol. The SMILES string of the molecule is CCNc1ncccc1CN(CC(C)C)C1CC1. The van der Waals surface area contributed by atoms with Gasteiger partial charge in [-0.2, -0.15) is 0 Å². The first-order valence-electron chi connectivity index (χ1n) is 7.12. The molecule has 18 heavy (non-hydrogen) atoms. The summed E-state index contributed by atoms with van der Waals surface area (Å²) in [5, 5.41) is 3.36. The summed E-state index contributed by atoms with van der Waals surface area (Å²) in [4.78, 5) is 7.06. The molecule has 0 atom stereocenters. The Labute approximate surface area is 111 Å². The average molecular weight is 247 g/mol. The number of hydrogen-bond acceptors (Lipinski definition) is 3. The molecule has 0 aliphatic heterocycles. The topological polar surface area (TPSA) is 28.2 Å². The fourth-order valence-electron chi connectivity index (χ4n) is 2.36. The summed E-state index contributed by atoms with van der Waals surface area (Å²) in [6.07, 6.45) is 4.60. The molecule has 3 nitrogen and oxygen atoms in total. The standard InChI is InChI=1S/C15H25N3/c1-4-16-15-13(6-5-9-17-15)11-18(10-12(2)3)14-7-8-14/h5-6,9,12,14H,4,7-8,10-11H2,1-3H3,(H,16,17). The Morgan fingerprint density at radius 2 is 2.22 bits per heavy atom. The van der Waals surface area contributed by atoms with Crippen molar-refractivity contribution in [3.05, 3.63) is 23.9 Å². The number of aromatic nitrogens is 1. The van der Waals surface area contributed by atoms with Gasteiger partial charge in [-0.1, -0.05) is 19.9 Å². The molecule has 2 rings (SSSR count). The van der Waals surface area contributed by atoms with Crippen LogP contribution < -0.4 is 5.32 Å². The number of nitrogens with zero attached hydrogens (tertiary/aromatic N) is 2. The number of pyridine rings is 1. The minimum Gasteiger partial charge on any atom is -0.370 e. The van der Waals surface area contributed by atoms with Gasteiger partial charge in [0, 0.05) is 37.4 Å². The first kappa shape index (κ1) is 13.3. The van der Waals surface area contributed by atoms with Crippen LogP contribution in [0.1, 0.15) is 39.2 Å². The lowest BCUT2D eigenvalue weighted by Crippen LogP contribution is -2.30. The molecule has 1 saturated carbocycles. The van der Waals surface area contributed by atoms with Gasteiger partial charge in [0.15, 0.2) is 0 Å². The van der Waals surface area contributed by atoms with Crippen LogP contribution >= 0.6 is 0 Å². The first-order valence-corrected chi connectivity index (χ1v) is 7.12. The Morgan fingerprint density at radius 3 is 2.83 bits per heavy atom. The van der Waals surface area contributed by atoms with Crippen molar-refractivity contribution < 1.29 is 0 Å². The summed E-state index contributed by atoms with van der Waals surface area (Å²) in [7, 11) is 0. The van der Waals surface area contributed by atoms with Gasteiger partial charge in [-0.15, -0.1) is 0 Å². The van der Waals surface area contributed by atoms with Gasteiger partial charge in [0.25, 0.3) is 0 Å². The maximum Gasteiger partial charge on any atom is 0.130 e. The fourth-order valence-corrected chi connectivity index (χ4v) is 2.36. The molecule has 0 unspecified atom stereocenters. The van der Waals surface area contributed by atoms with Crippen molar-refractivity contribution in [3.63, 3.8) is 0 Å². The number of anilines is 1. The highest BCUT2D eigenvalue weighted by molar-refractivity contribution is 5.43. The van der Waals surface area contributed by atoms with E-state index in [1.54, 1.807) is 0 Å². The lowest BCUT2D eigenvalue weighted by molar-refractivity contribution is 0.226. The summed E-state index contributed by atoms with van der Waals surface area (Å²) in [5.74, 6) is 1.78. The summed E-state index contributed by atoms with van der Waals surface area (Å²) >= 11 is 0. The molecule has 1 aliphatic rings. The molecule has 100 valence electrons. The molecular formula is C15H25N3. The van der Waals surface area contributed by atoms with Crippen LogP contribution in [0.3, 0.4) is 0 Å². The highest BCUT2D eigenvalue weighted by Crippen LogP contribution is 2.30. The van der Waals surface area contributed by atoms with Crippen LogP contribution in [0.25, 0.3) is 0 Å². The number of rotatable bonds is 7. The van der Waals surface area contributed by atoms with Gasteiger partial charge in [-0.05, 0) is 31.7 Å². The molecule has 1 aromatic heterocycles. The normalized spacial score (nSPS) is 15.4. The van der Waals surface area contributed by atoms with E-state index in [1.807, 2.05) is 12.3 Å². The zero-order valence-corrected chi connectivity index (χ0v) is 11.8. The highest BCUT2D eigenvalue weighted by atomic mass is 15.2. The Kier molecular flexibility index (Phi) is 4.59. The summed E-state index contributed by atoms with van der Waals surface area (Å²) in [5.41, 5.74) is 1.33. The van der Waals surface area contributed by atoms with Crippen molar-refractivity contribution in [1.29, 1.82) is 0 Å². The molecule has 0 amide bonds. The second-order valence-corrected chi connectivity index (χ2v) is 5.60. The largest absolute Gasteiger partial charge is 0.370 e. The Hall–Kier alpha value is -1.09. The molecule has 1 aliphatic carbocycles. The Morgan fingerprint density at radius 1 is 1.44 bits per heavy atom. The third-order valence-corrected chi connectivity index (χ3v) is 3.27. The molecule has 1 aromatic rings. The van der Waals surface area contributed by atoms with Gasteiger partial charge in [-0.25, -0.2) is 4.98 Å². The molecule has 0 radical (unpaired) electrons. The monoisotopic (exact) mass is 247 g/mol. The van der Waals surface area contributed by atoms with Crippen LogP contribution in [-0.4, -0.2) is 29.0 Å². The zero-order valence-electron chi connectivity index (χ0n) is 11.8. The zero-order chi connectivity index (χ0) is 13.0. The van der Waals surface area contributed by atoms with Crippen molar-refractivity contribution in [2.24, 2.45) is 5.92 Å². The van der Waals surface area contributed by atoms with Gasteiger partial charge < -0.3 is 5.32 Å². The summed E-state index contributed by atoms with van der Waals surface area (Å²) in [6, 6.07) is 5.04. The molecule has 0 bridgehead atoms. The van der Waals surface area contributed by atoms with E-state index in [9.17, 15) is 0 Å². The van der Waals surface area contributed by atoms with E-state index in [4.69, 9.17) is 0 Å². The summed E-state index contributed by atoms with van der Waals surface area (Å²) < 4.78 is 0. The fraction of sp³-hybridized carbons (Fsp3) is 0.667. The Bertz CT molecular complexity index is 372. The molecule has 0 saturated heterocycles. The molecule has 1 heterocycles. The van der Waals surface area contributed by atoms with Gasteiger partial charge >= 0.3 is 0 Å². The molecule has 1 N–H and O–H groups in total. The second kappa shape index (κ2) is 6.19. The molecule has 0 spiro atoms. The second-order valence-electron chi connectivity index (χ2n) is 5.60. The van der Waals surface area contributed by atoms with E-state index >= 15 is 0 Å². The molecule has 1 fully saturated rings. The van der Waals surface area contributed by atoms with Crippen LogP contribution in [0.5, 0.6) is 0 Å². The third-order valence-electron chi connectivity index (χ3n) is 3.27. The van der Waals surface area contributed by atoms with E-state index < -0.39 is 0 Å². The van der Waals surface area contributed by atoms with Crippen LogP contribution in [0.15, 0.2) is 18.3 Å². The summed E-state index contributed by atoms with van der Waals surface area (Å²) in [6.45, 7) is 9.85. The van der Waals surface area contributed by atoms with Crippen LogP contribution in [-0.2, 0) is 6.54 Å². The van der Waals surface area contributed by atoms with Gasteiger partial charge in [0.2, 0.25) is 0 Å². The minimum absolute atomic E-state index is 0.727. The Balaban J connectivity index is 2.05. The van der Waals surface area contributed by atoms with Gasteiger partial charge in [0.1, 0.15) is 5.82 Å². The van der Waals surface area contributed by atoms with Crippen molar-refractivity contribution in [2.75, 3.05) is 18.4 Å². The lowest BCUT2D eigenvalue weighted by atomic mass is 10.1. The molecule has 0 aromatic carbocycles. The average Bonchev–Trinajstić information content (AvgIpc) is 3.14. The predicted octanol–water partition coefficient (Wildman–Crippen LogP) is 3.13. The predicted molar refractivity (Wildman–Crippen MR) is 76.7 cm³/mol. The lowest BCUT2D eigenvalue weighted by Gasteiger charge is -2.25. The maximum atomic E-state index is 4.44. The van der Waals surface area contributed by atoms with E-state index in [0.29, 0.717) is 0 Å². The van der Waals surface area contributed by atoms with Crippen LogP contribution in [0.4, 0.5) is 5.82 Å². The first-order chi connectivity index (χ1) is 8.70. The van der Waals surface area contributed by atoms with E-state index in [0.717, 1.165) is 30.9 Å². The quantitative estimate of drug-likeness (QED) is 0.802. The van der Waals surface area contributed by atoms with Crippen LogP contribution in [0, 0.1) is 5.92 Å². The van der Waals surface area contributed by atoms with E-state index in [-0.39, 0.29) is 0 Å². The number of hydrogen-bond donors (Lipinski definition) is 1. The van der Waals surface area contributed by atoms with Crippen molar-refractivity contribution in [1.82, 2.24) is 9.88 Å². The van der Waals surface area contributed by atoms with Crippen molar-refractivity contribution in [2.45, 2.75) is 46.2 Å². The van der Waals surface area contributed by atoms with Crippen LogP contribution in [0.2, 0.25) is 0 Å². The smallest absolute Gasteiger partial charge is 0.130 e. The molecule has 3 heteroatoms. The van der Waals surface area contributed by atoms with E-state index in [1.165, 1.54) is 24.9 Å². The minimum atomic E-state index is 0.727. The number of nitrogens with one attached hydrogen (secondary N) is 1.